The molecule has 0 radical (unpaired) electrons. The van der Waals surface area contributed by atoms with Gasteiger partial charge in [0.15, 0.2) is 0 Å². The van der Waals surface area contributed by atoms with Crippen molar-refractivity contribution >= 4 is 11.8 Å². The van der Waals surface area contributed by atoms with Crippen LogP contribution in [0.3, 0.4) is 0 Å². The number of Topliss-reactive ketones (excluding diaryl/α,β-unsaturated/α-hetero) is 1. The fourth-order valence-electron chi connectivity index (χ4n) is 2.88. The number of carbonyl (C=O) groups is 2. The van der Waals surface area contributed by atoms with Crippen molar-refractivity contribution in [3.05, 3.63) is 59.4 Å². The largest absolute Gasteiger partial charge is 0.478 e. The van der Waals surface area contributed by atoms with Crippen molar-refractivity contribution < 1.29 is 14.7 Å². The molecule has 4 heteroatoms. The Bertz CT molecular complexity index is 702. The Labute approximate surface area is 123 Å². The zero-order chi connectivity index (χ0) is 15.0. The second-order valence-corrected chi connectivity index (χ2v) is 5.63. The van der Waals surface area contributed by atoms with E-state index in [9.17, 15) is 9.59 Å². The van der Waals surface area contributed by atoms with Crippen molar-refractivity contribution in [1.29, 1.82) is 0 Å². The number of carboxylic acids is 1. The van der Waals surface area contributed by atoms with Gasteiger partial charge in [0.1, 0.15) is 5.78 Å². The fourth-order valence-corrected chi connectivity index (χ4v) is 2.88. The number of nitrogens with zero attached hydrogens (tertiary/aromatic N) is 1. The van der Waals surface area contributed by atoms with Crippen LogP contribution in [0.1, 0.15) is 40.9 Å². The topological polar surface area (TPSA) is 59.3 Å². The Morgan fingerprint density at radius 1 is 1.29 bits per heavy atom. The molecule has 0 bridgehead atoms. The highest BCUT2D eigenvalue weighted by Crippen LogP contribution is 2.48. The Balaban J connectivity index is 1.80. The van der Waals surface area contributed by atoms with Gasteiger partial charge in [0.2, 0.25) is 0 Å². The van der Waals surface area contributed by atoms with Gasteiger partial charge in [0.05, 0.1) is 5.56 Å². The molecule has 1 N–H and O–H groups in total. The van der Waals surface area contributed by atoms with Crippen LogP contribution >= 0.6 is 0 Å². The van der Waals surface area contributed by atoms with Crippen molar-refractivity contribution in [1.82, 2.24) is 4.57 Å². The first kappa shape index (κ1) is 13.6. The first-order chi connectivity index (χ1) is 10.1. The molecule has 0 amide bonds. The van der Waals surface area contributed by atoms with Crippen LogP contribution in [0.4, 0.5) is 0 Å². The van der Waals surface area contributed by atoms with Crippen molar-refractivity contribution in [2.24, 2.45) is 5.92 Å². The van der Waals surface area contributed by atoms with Crippen LogP contribution in [0, 0.1) is 5.92 Å². The molecule has 0 saturated heterocycles. The van der Waals surface area contributed by atoms with Crippen LogP contribution in [0.25, 0.3) is 0 Å². The molecule has 1 aliphatic carbocycles. The number of ketones is 1. The molecule has 1 fully saturated rings. The molecule has 1 saturated carbocycles. The quantitative estimate of drug-likeness (QED) is 0.917. The van der Waals surface area contributed by atoms with Crippen molar-refractivity contribution in [3.8, 4) is 0 Å². The van der Waals surface area contributed by atoms with Crippen LogP contribution in [0.2, 0.25) is 0 Å². The predicted molar refractivity (Wildman–Crippen MR) is 78.5 cm³/mol. The third kappa shape index (κ3) is 2.75. The molecule has 21 heavy (non-hydrogen) atoms. The van der Waals surface area contributed by atoms with Gasteiger partial charge in [0.25, 0.3) is 0 Å². The van der Waals surface area contributed by atoms with Gasteiger partial charge in [-0.1, -0.05) is 12.1 Å². The minimum atomic E-state index is -0.914. The van der Waals surface area contributed by atoms with Gasteiger partial charge in [0, 0.05) is 30.3 Å². The van der Waals surface area contributed by atoms with Gasteiger partial charge < -0.3 is 9.67 Å². The minimum absolute atomic E-state index is 0.156. The highest BCUT2D eigenvalue weighted by atomic mass is 16.4. The van der Waals surface area contributed by atoms with Gasteiger partial charge in [-0.25, -0.2) is 4.79 Å². The summed E-state index contributed by atoms with van der Waals surface area (Å²) < 4.78 is 2.11. The molecule has 0 aliphatic heterocycles. The number of aromatic nitrogens is 1. The first-order valence-electron chi connectivity index (χ1n) is 7.04. The lowest BCUT2D eigenvalue weighted by Gasteiger charge is -2.09. The first-order valence-corrected chi connectivity index (χ1v) is 7.04. The van der Waals surface area contributed by atoms with Crippen molar-refractivity contribution in [2.75, 3.05) is 0 Å². The maximum Gasteiger partial charge on any atom is 0.335 e. The molecule has 3 rings (SSSR count). The molecular weight excluding hydrogens is 266 g/mol. The maximum absolute atomic E-state index is 11.4. The lowest BCUT2D eigenvalue weighted by atomic mass is 10.1. The molecular formula is C17H17NO3. The number of hydrogen-bond acceptors (Lipinski definition) is 2. The van der Waals surface area contributed by atoms with Gasteiger partial charge in [-0.3, -0.25) is 4.79 Å². The second kappa shape index (κ2) is 5.20. The fraction of sp³-hybridized carbons (Fsp3) is 0.294. The molecule has 1 aromatic heterocycles. The third-order valence-electron chi connectivity index (χ3n) is 4.08. The van der Waals surface area contributed by atoms with Crippen LogP contribution in [0.15, 0.2) is 42.6 Å². The van der Waals surface area contributed by atoms with Gasteiger partial charge in [-0.05, 0) is 43.2 Å². The molecule has 108 valence electrons. The lowest BCUT2D eigenvalue weighted by molar-refractivity contribution is -0.118. The van der Waals surface area contributed by atoms with E-state index in [4.69, 9.17) is 5.11 Å². The predicted octanol–water partition coefficient (Wildman–Crippen LogP) is 2.93. The smallest absolute Gasteiger partial charge is 0.335 e. The van der Waals surface area contributed by atoms with E-state index in [1.807, 2.05) is 18.3 Å². The highest BCUT2D eigenvalue weighted by molar-refractivity contribution is 5.87. The molecule has 0 spiro atoms. The third-order valence-corrected chi connectivity index (χ3v) is 4.08. The number of aromatic carboxylic acids is 1. The van der Waals surface area contributed by atoms with Crippen LogP contribution in [-0.4, -0.2) is 21.4 Å². The van der Waals surface area contributed by atoms with E-state index in [1.54, 1.807) is 25.1 Å². The summed E-state index contributed by atoms with van der Waals surface area (Å²) in [7, 11) is 0. The molecule has 1 aromatic carbocycles. The van der Waals surface area contributed by atoms with E-state index in [1.165, 1.54) is 0 Å². The van der Waals surface area contributed by atoms with Crippen LogP contribution in [-0.2, 0) is 11.3 Å². The zero-order valence-corrected chi connectivity index (χ0v) is 11.8. The monoisotopic (exact) mass is 283 g/mol. The Morgan fingerprint density at radius 3 is 2.76 bits per heavy atom. The SMILES string of the molecule is CC(=O)C1CC1c1cccn1Cc1cccc(C(=O)O)c1. The summed E-state index contributed by atoms with van der Waals surface area (Å²) in [6, 6.07) is 11.0. The summed E-state index contributed by atoms with van der Waals surface area (Å²) in [5, 5.41) is 9.04. The lowest BCUT2D eigenvalue weighted by Crippen LogP contribution is -2.05. The average Bonchev–Trinajstić information content (AvgIpc) is 3.13. The maximum atomic E-state index is 11.4. The highest BCUT2D eigenvalue weighted by Gasteiger charge is 2.43. The van der Waals surface area contributed by atoms with Gasteiger partial charge >= 0.3 is 5.97 Å². The summed E-state index contributed by atoms with van der Waals surface area (Å²) in [6.07, 6.45) is 2.91. The molecule has 1 heterocycles. The van der Waals surface area contributed by atoms with E-state index in [-0.39, 0.29) is 11.7 Å². The number of benzene rings is 1. The van der Waals surface area contributed by atoms with Crippen molar-refractivity contribution in [3.63, 3.8) is 0 Å². The number of carboxylic acid groups (broad SMARTS) is 1. The van der Waals surface area contributed by atoms with E-state index >= 15 is 0 Å². The standard InChI is InChI=1S/C17H17NO3/c1-11(19)14-9-15(14)16-6-3-7-18(16)10-12-4-2-5-13(8-12)17(20)21/h2-8,14-15H,9-10H2,1H3,(H,20,21). The second-order valence-electron chi connectivity index (χ2n) is 5.63. The summed E-state index contributed by atoms with van der Waals surface area (Å²) in [5.74, 6) is -0.187. The molecule has 4 nitrogen and oxygen atoms in total. The average molecular weight is 283 g/mol. The van der Waals surface area contributed by atoms with E-state index in [0.717, 1.165) is 17.7 Å². The summed E-state index contributed by atoms with van der Waals surface area (Å²) in [5.41, 5.74) is 2.41. The minimum Gasteiger partial charge on any atom is -0.478 e. The van der Waals surface area contributed by atoms with Crippen LogP contribution in [0.5, 0.6) is 0 Å². The Kier molecular flexibility index (Phi) is 3.37. The van der Waals surface area contributed by atoms with E-state index in [0.29, 0.717) is 18.0 Å². The Morgan fingerprint density at radius 2 is 2.10 bits per heavy atom. The number of hydrogen-bond donors (Lipinski definition) is 1. The van der Waals surface area contributed by atoms with E-state index in [2.05, 4.69) is 10.6 Å². The molecule has 2 atom stereocenters. The normalized spacial score (nSPS) is 20.2. The number of carbonyl (C=O) groups excluding carboxylic acids is 1. The van der Waals surface area contributed by atoms with E-state index < -0.39 is 5.97 Å². The van der Waals surface area contributed by atoms with Gasteiger partial charge in [-0.15, -0.1) is 0 Å². The molecule has 2 aromatic rings. The van der Waals surface area contributed by atoms with Crippen LogP contribution < -0.4 is 0 Å². The number of rotatable bonds is 5. The molecule has 2 unspecified atom stereocenters. The van der Waals surface area contributed by atoms with Gasteiger partial charge in [-0.2, -0.15) is 0 Å². The summed E-state index contributed by atoms with van der Waals surface area (Å²) in [6.45, 7) is 2.28. The van der Waals surface area contributed by atoms with Crippen molar-refractivity contribution in [2.45, 2.75) is 25.8 Å². The summed E-state index contributed by atoms with van der Waals surface area (Å²) in [4.78, 5) is 22.4. The summed E-state index contributed by atoms with van der Waals surface area (Å²) >= 11 is 0. The zero-order valence-electron chi connectivity index (χ0n) is 11.8. The Hall–Kier alpha value is -2.36. The molecule has 1 aliphatic rings.